The molecule has 0 saturated heterocycles. The quantitative estimate of drug-likeness (QED) is 0.923. The summed E-state index contributed by atoms with van der Waals surface area (Å²) in [5.41, 5.74) is 6.47. The second-order valence-electron chi connectivity index (χ2n) is 4.04. The van der Waals surface area contributed by atoms with Crippen molar-refractivity contribution in [3.05, 3.63) is 65.5 Å². The van der Waals surface area contributed by atoms with E-state index in [1.54, 1.807) is 0 Å². The number of rotatable bonds is 4. The van der Waals surface area contributed by atoms with Crippen molar-refractivity contribution in [2.24, 2.45) is 5.73 Å². The Labute approximate surface area is 108 Å². The minimum atomic E-state index is -0.660. The highest BCUT2D eigenvalue weighted by molar-refractivity contribution is 5.25. The van der Waals surface area contributed by atoms with E-state index >= 15 is 0 Å². The Kier molecular flexibility index (Phi) is 4.06. The number of benzene rings is 2. The van der Waals surface area contributed by atoms with E-state index in [1.165, 1.54) is 24.3 Å². The fourth-order valence-corrected chi connectivity index (χ4v) is 1.57. The van der Waals surface area contributed by atoms with Crippen LogP contribution in [0.1, 0.15) is 11.6 Å². The standard InChI is InChI=1S/C14H12F3NO/c15-10-3-1-9(2-4-10)13(18)8-19-14-7-11(16)5-6-12(14)17/h1-7,13H,8,18H2. The number of ether oxygens (including phenoxy) is 1. The van der Waals surface area contributed by atoms with Gasteiger partial charge in [0, 0.05) is 6.07 Å². The third kappa shape index (κ3) is 3.48. The van der Waals surface area contributed by atoms with Crippen molar-refractivity contribution >= 4 is 0 Å². The lowest BCUT2D eigenvalue weighted by atomic mass is 10.1. The summed E-state index contributed by atoms with van der Waals surface area (Å²) in [4.78, 5) is 0. The number of hydrogen-bond acceptors (Lipinski definition) is 2. The van der Waals surface area contributed by atoms with Crippen molar-refractivity contribution in [1.82, 2.24) is 0 Å². The van der Waals surface area contributed by atoms with E-state index in [1.807, 2.05) is 0 Å². The van der Waals surface area contributed by atoms with E-state index in [2.05, 4.69) is 0 Å². The van der Waals surface area contributed by atoms with Gasteiger partial charge in [0.1, 0.15) is 18.2 Å². The fraction of sp³-hybridized carbons (Fsp3) is 0.143. The molecule has 2 rings (SSSR count). The van der Waals surface area contributed by atoms with Crippen LogP contribution in [-0.4, -0.2) is 6.61 Å². The molecule has 2 N–H and O–H groups in total. The molecule has 2 aromatic carbocycles. The van der Waals surface area contributed by atoms with Gasteiger partial charge in [-0.3, -0.25) is 0 Å². The van der Waals surface area contributed by atoms with Gasteiger partial charge in [-0.1, -0.05) is 12.1 Å². The van der Waals surface area contributed by atoms with Gasteiger partial charge in [0.05, 0.1) is 6.04 Å². The molecular weight excluding hydrogens is 255 g/mol. The van der Waals surface area contributed by atoms with Crippen molar-refractivity contribution < 1.29 is 17.9 Å². The molecule has 0 heterocycles. The first-order valence-corrected chi connectivity index (χ1v) is 5.65. The van der Waals surface area contributed by atoms with Crippen molar-refractivity contribution in [2.75, 3.05) is 6.61 Å². The molecule has 2 aromatic rings. The summed E-state index contributed by atoms with van der Waals surface area (Å²) < 4.78 is 44.1. The largest absolute Gasteiger partial charge is 0.488 e. The second-order valence-corrected chi connectivity index (χ2v) is 4.04. The molecule has 0 bridgehead atoms. The summed E-state index contributed by atoms with van der Waals surface area (Å²) in [5, 5.41) is 0. The number of halogens is 3. The Bertz CT molecular complexity index is 557. The molecule has 1 unspecified atom stereocenters. The average molecular weight is 267 g/mol. The van der Waals surface area contributed by atoms with E-state index < -0.39 is 17.7 Å². The lowest BCUT2D eigenvalue weighted by Crippen LogP contribution is -2.19. The van der Waals surface area contributed by atoms with Crippen molar-refractivity contribution in [1.29, 1.82) is 0 Å². The van der Waals surface area contributed by atoms with Gasteiger partial charge in [-0.05, 0) is 29.8 Å². The molecule has 0 radical (unpaired) electrons. The molecular formula is C14H12F3NO. The lowest BCUT2D eigenvalue weighted by Gasteiger charge is -2.14. The topological polar surface area (TPSA) is 35.2 Å². The molecule has 0 aromatic heterocycles. The van der Waals surface area contributed by atoms with Gasteiger partial charge in [-0.15, -0.1) is 0 Å². The van der Waals surface area contributed by atoms with Crippen LogP contribution in [0.3, 0.4) is 0 Å². The highest BCUT2D eigenvalue weighted by Gasteiger charge is 2.10. The Morgan fingerprint density at radius 3 is 2.26 bits per heavy atom. The first-order chi connectivity index (χ1) is 9.06. The van der Waals surface area contributed by atoms with Crippen LogP contribution in [0.15, 0.2) is 42.5 Å². The highest BCUT2D eigenvalue weighted by atomic mass is 19.1. The van der Waals surface area contributed by atoms with Crippen LogP contribution in [0.2, 0.25) is 0 Å². The first-order valence-electron chi connectivity index (χ1n) is 5.65. The van der Waals surface area contributed by atoms with E-state index in [0.717, 1.165) is 18.2 Å². The molecule has 19 heavy (non-hydrogen) atoms. The van der Waals surface area contributed by atoms with Crippen molar-refractivity contribution in [2.45, 2.75) is 6.04 Å². The molecule has 5 heteroatoms. The van der Waals surface area contributed by atoms with Crippen LogP contribution in [0, 0.1) is 17.5 Å². The van der Waals surface area contributed by atoms with Crippen LogP contribution in [0.5, 0.6) is 5.75 Å². The van der Waals surface area contributed by atoms with E-state index in [9.17, 15) is 13.2 Å². The zero-order chi connectivity index (χ0) is 13.8. The normalized spacial score (nSPS) is 12.2. The lowest BCUT2D eigenvalue weighted by molar-refractivity contribution is 0.275. The average Bonchev–Trinajstić information content (AvgIpc) is 2.40. The summed E-state index contributed by atoms with van der Waals surface area (Å²) >= 11 is 0. The maximum Gasteiger partial charge on any atom is 0.165 e. The zero-order valence-corrected chi connectivity index (χ0v) is 9.95. The monoisotopic (exact) mass is 267 g/mol. The number of nitrogens with two attached hydrogens (primary N) is 1. The van der Waals surface area contributed by atoms with Crippen LogP contribution in [0.4, 0.5) is 13.2 Å². The molecule has 0 saturated carbocycles. The van der Waals surface area contributed by atoms with Crippen LogP contribution < -0.4 is 10.5 Å². The summed E-state index contributed by atoms with van der Waals surface area (Å²) in [6, 6.07) is 7.97. The van der Waals surface area contributed by atoms with Crippen LogP contribution in [0.25, 0.3) is 0 Å². The Hall–Kier alpha value is -2.01. The second kappa shape index (κ2) is 5.75. The molecule has 2 nitrogen and oxygen atoms in total. The van der Waals surface area contributed by atoms with Crippen molar-refractivity contribution in [3.63, 3.8) is 0 Å². The highest BCUT2D eigenvalue weighted by Crippen LogP contribution is 2.20. The summed E-state index contributed by atoms with van der Waals surface area (Å²) in [6.07, 6.45) is 0. The van der Waals surface area contributed by atoms with Crippen molar-refractivity contribution in [3.8, 4) is 5.75 Å². The van der Waals surface area contributed by atoms with Gasteiger partial charge < -0.3 is 10.5 Å². The molecule has 0 fully saturated rings. The Balaban J connectivity index is 2.02. The Morgan fingerprint density at radius 1 is 0.947 bits per heavy atom. The Morgan fingerprint density at radius 2 is 1.58 bits per heavy atom. The summed E-state index contributed by atoms with van der Waals surface area (Å²) in [7, 11) is 0. The third-order valence-electron chi connectivity index (χ3n) is 2.61. The minimum Gasteiger partial charge on any atom is -0.488 e. The minimum absolute atomic E-state index is 0.0357. The maximum atomic E-state index is 13.3. The van der Waals surface area contributed by atoms with Gasteiger partial charge in [-0.2, -0.15) is 0 Å². The predicted octanol–water partition coefficient (Wildman–Crippen LogP) is 3.18. The van der Waals surface area contributed by atoms with Gasteiger partial charge in [0.2, 0.25) is 0 Å². The molecule has 100 valence electrons. The maximum absolute atomic E-state index is 13.3. The summed E-state index contributed by atoms with van der Waals surface area (Å²) in [5.74, 6) is -1.81. The first kappa shape index (κ1) is 13.4. The van der Waals surface area contributed by atoms with E-state index in [0.29, 0.717) is 5.56 Å². The predicted molar refractivity (Wildman–Crippen MR) is 65.2 cm³/mol. The van der Waals surface area contributed by atoms with Gasteiger partial charge in [0.15, 0.2) is 11.6 Å². The molecule has 1 atom stereocenters. The molecule has 0 aliphatic rings. The summed E-state index contributed by atoms with van der Waals surface area (Å²) in [6.45, 7) is -0.0357. The van der Waals surface area contributed by atoms with Gasteiger partial charge in [0.25, 0.3) is 0 Å². The number of hydrogen-bond donors (Lipinski definition) is 1. The molecule has 0 aliphatic carbocycles. The van der Waals surface area contributed by atoms with Crippen LogP contribution >= 0.6 is 0 Å². The molecule has 0 spiro atoms. The zero-order valence-electron chi connectivity index (χ0n) is 9.95. The SMILES string of the molecule is NC(COc1cc(F)ccc1F)c1ccc(F)cc1. The third-order valence-corrected chi connectivity index (χ3v) is 2.61. The molecule has 0 amide bonds. The van der Waals surface area contributed by atoms with Crippen LogP contribution in [-0.2, 0) is 0 Å². The smallest absolute Gasteiger partial charge is 0.165 e. The van der Waals surface area contributed by atoms with Gasteiger partial charge in [-0.25, -0.2) is 13.2 Å². The van der Waals surface area contributed by atoms with Gasteiger partial charge >= 0.3 is 0 Å². The van der Waals surface area contributed by atoms with E-state index in [-0.39, 0.29) is 18.2 Å². The molecule has 0 aliphatic heterocycles. The van der Waals surface area contributed by atoms with E-state index in [4.69, 9.17) is 10.5 Å². The fourth-order valence-electron chi connectivity index (χ4n) is 1.57.